The molecule has 132 valence electrons. The molecule has 0 atom stereocenters. The van der Waals surface area contributed by atoms with E-state index in [1.165, 1.54) is 4.90 Å². The Labute approximate surface area is 136 Å². The molecule has 0 radical (unpaired) electrons. The number of aliphatic hydroxyl groups is 1. The molecule has 0 spiro atoms. The molecule has 2 amide bonds. The minimum atomic E-state index is -4.45. The Bertz CT molecular complexity index is 582. The van der Waals surface area contributed by atoms with Gasteiger partial charge < -0.3 is 15.3 Å². The Hall–Kier alpha value is -2.13. The molecule has 2 rings (SSSR count). The number of nitrogens with one attached hydrogen (secondary N) is 1. The maximum atomic E-state index is 12.5. The van der Waals surface area contributed by atoms with E-state index in [1.807, 2.05) is 4.90 Å². The molecule has 1 fully saturated rings. The van der Waals surface area contributed by atoms with Gasteiger partial charge in [-0.05, 0) is 24.3 Å². The van der Waals surface area contributed by atoms with E-state index in [0.717, 1.165) is 24.3 Å². The molecule has 0 bridgehead atoms. The second-order valence-electron chi connectivity index (χ2n) is 5.39. The third kappa shape index (κ3) is 4.68. The number of carbonyl (C=O) groups excluding carboxylic acids is 2. The maximum Gasteiger partial charge on any atom is 0.416 e. The zero-order valence-corrected chi connectivity index (χ0v) is 12.8. The topological polar surface area (TPSA) is 72.9 Å². The van der Waals surface area contributed by atoms with E-state index in [4.69, 9.17) is 5.11 Å². The average molecular weight is 345 g/mol. The minimum absolute atomic E-state index is 0.0301. The lowest BCUT2D eigenvalue weighted by atomic mass is 10.2. The van der Waals surface area contributed by atoms with Gasteiger partial charge in [-0.1, -0.05) is 0 Å². The van der Waals surface area contributed by atoms with Crippen molar-refractivity contribution in [2.24, 2.45) is 0 Å². The number of aliphatic hydroxyl groups excluding tert-OH is 1. The number of hydrogen-bond acceptors (Lipinski definition) is 4. The Morgan fingerprint density at radius 1 is 1.08 bits per heavy atom. The maximum absolute atomic E-state index is 12.5. The summed E-state index contributed by atoms with van der Waals surface area (Å²) in [5.74, 6) is -1.61. The van der Waals surface area contributed by atoms with E-state index in [2.05, 4.69) is 5.32 Å². The molecule has 0 unspecified atom stereocenters. The van der Waals surface area contributed by atoms with E-state index in [1.54, 1.807) is 0 Å². The molecular weight excluding hydrogens is 327 g/mol. The highest BCUT2D eigenvalue weighted by Gasteiger charge is 2.30. The number of β-amino-alcohol motifs (C(OH)–C–C–N with tert-alkyl or cyclic N) is 1. The van der Waals surface area contributed by atoms with Crippen molar-refractivity contribution in [3.63, 3.8) is 0 Å². The van der Waals surface area contributed by atoms with Crippen LogP contribution in [0.5, 0.6) is 0 Å². The predicted molar refractivity (Wildman–Crippen MR) is 80.2 cm³/mol. The first-order valence-corrected chi connectivity index (χ1v) is 7.42. The largest absolute Gasteiger partial charge is 0.416 e. The molecule has 1 saturated heterocycles. The summed E-state index contributed by atoms with van der Waals surface area (Å²) in [4.78, 5) is 27.3. The molecule has 1 aliphatic heterocycles. The van der Waals surface area contributed by atoms with Crippen molar-refractivity contribution in [2.45, 2.75) is 6.18 Å². The number of hydrogen-bond donors (Lipinski definition) is 2. The van der Waals surface area contributed by atoms with Crippen molar-refractivity contribution in [3.8, 4) is 0 Å². The van der Waals surface area contributed by atoms with Crippen LogP contribution in [-0.4, -0.2) is 66.1 Å². The lowest BCUT2D eigenvalue weighted by Crippen LogP contribution is -2.52. The number of rotatable bonds is 3. The van der Waals surface area contributed by atoms with Gasteiger partial charge in [0.25, 0.3) is 0 Å². The van der Waals surface area contributed by atoms with E-state index >= 15 is 0 Å². The average Bonchev–Trinajstić information content (AvgIpc) is 2.55. The van der Waals surface area contributed by atoms with Crippen LogP contribution in [0.25, 0.3) is 0 Å². The van der Waals surface area contributed by atoms with Gasteiger partial charge in [0.15, 0.2) is 0 Å². The third-order valence-electron chi connectivity index (χ3n) is 3.74. The predicted octanol–water partition coefficient (Wildman–Crippen LogP) is 0.780. The van der Waals surface area contributed by atoms with Gasteiger partial charge in [0.1, 0.15) is 0 Å². The van der Waals surface area contributed by atoms with Crippen molar-refractivity contribution in [1.29, 1.82) is 0 Å². The molecule has 2 N–H and O–H groups in total. The van der Waals surface area contributed by atoms with Crippen molar-refractivity contribution >= 4 is 17.5 Å². The van der Waals surface area contributed by atoms with Gasteiger partial charge in [-0.15, -0.1) is 0 Å². The highest BCUT2D eigenvalue weighted by molar-refractivity contribution is 6.39. The van der Waals surface area contributed by atoms with Crippen LogP contribution < -0.4 is 5.32 Å². The Balaban J connectivity index is 1.89. The number of carbonyl (C=O) groups is 2. The molecule has 24 heavy (non-hydrogen) atoms. The molecular formula is C15H18F3N3O3. The molecule has 0 aliphatic carbocycles. The summed E-state index contributed by atoms with van der Waals surface area (Å²) < 4.78 is 37.4. The quantitative estimate of drug-likeness (QED) is 0.794. The number of alkyl halides is 3. The molecule has 1 heterocycles. The molecule has 1 aliphatic rings. The summed E-state index contributed by atoms with van der Waals surface area (Å²) in [7, 11) is 0. The number of nitrogens with zero attached hydrogens (tertiary/aromatic N) is 2. The summed E-state index contributed by atoms with van der Waals surface area (Å²) in [5, 5.41) is 11.2. The first-order chi connectivity index (χ1) is 11.3. The van der Waals surface area contributed by atoms with Crippen LogP contribution in [0.4, 0.5) is 18.9 Å². The van der Waals surface area contributed by atoms with Crippen LogP contribution in [0, 0.1) is 0 Å². The number of benzene rings is 1. The lowest BCUT2D eigenvalue weighted by Gasteiger charge is -2.33. The number of piperazine rings is 1. The third-order valence-corrected chi connectivity index (χ3v) is 3.74. The standard InChI is InChI=1S/C15H18F3N3O3/c16-15(17,18)11-1-3-12(4-2-11)19-13(23)14(24)21-7-5-20(6-8-21)9-10-22/h1-4,22H,5-10H2,(H,19,23). The fourth-order valence-corrected chi connectivity index (χ4v) is 2.39. The van der Waals surface area contributed by atoms with E-state index in [9.17, 15) is 22.8 Å². The first kappa shape index (κ1) is 18.2. The van der Waals surface area contributed by atoms with Crippen molar-refractivity contribution in [1.82, 2.24) is 9.80 Å². The van der Waals surface area contributed by atoms with Gasteiger partial charge in [-0.25, -0.2) is 0 Å². The van der Waals surface area contributed by atoms with Gasteiger partial charge in [-0.3, -0.25) is 14.5 Å². The van der Waals surface area contributed by atoms with Crippen molar-refractivity contribution < 1.29 is 27.9 Å². The van der Waals surface area contributed by atoms with Crippen LogP contribution in [0.3, 0.4) is 0 Å². The van der Waals surface area contributed by atoms with E-state index < -0.39 is 23.6 Å². The fourth-order valence-electron chi connectivity index (χ4n) is 2.39. The molecule has 0 aromatic heterocycles. The monoisotopic (exact) mass is 345 g/mol. The van der Waals surface area contributed by atoms with Crippen molar-refractivity contribution in [3.05, 3.63) is 29.8 Å². The second kappa shape index (κ2) is 7.63. The van der Waals surface area contributed by atoms with E-state index in [0.29, 0.717) is 32.7 Å². The highest BCUT2D eigenvalue weighted by atomic mass is 19.4. The van der Waals surface area contributed by atoms with Gasteiger partial charge in [-0.2, -0.15) is 13.2 Å². The number of amides is 2. The van der Waals surface area contributed by atoms with Crippen LogP contribution in [0.1, 0.15) is 5.56 Å². The first-order valence-electron chi connectivity index (χ1n) is 7.42. The summed E-state index contributed by atoms with van der Waals surface area (Å²) >= 11 is 0. The minimum Gasteiger partial charge on any atom is -0.395 e. The zero-order chi connectivity index (χ0) is 17.7. The van der Waals surface area contributed by atoms with Gasteiger partial charge in [0, 0.05) is 38.4 Å². The fraction of sp³-hybridized carbons (Fsp3) is 0.467. The zero-order valence-electron chi connectivity index (χ0n) is 12.8. The molecule has 9 heteroatoms. The highest BCUT2D eigenvalue weighted by Crippen LogP contribution is 2.29. The van der Waals surface area contributed by atoms with E-state index in [-0.39, 0.29) is 12.3 Å². The SMILES string of the molecule is O=C(Nc1ccc(C(F)(F)F)cc1)C(=O)N1CCN(CCO)CC1. The van der Waals surface area contributed by atoms with Crippen molar-refractivity contribution in [2.75, 3.05) is 44.6 Å². The Kier molecular flexibility index (Phi) is 5.79. The molecule has 0 saturated carbocycles. The summed E-state index contributed by atoms with van der Waals surface area (Å²) in [6, 6.07) is 3.89. The summed E-state index contributed by atoms with van der Waals surface area (Å²) in [6.07, 6.45) is -4.45. The molecule has 1 aromatic carbocycles. The Morgan fingerprint density at radius 3 is 2.17 bits per heavy atom. The van der Waals surface area contributed by atoms with Gasteiger partial charge in [0.2, 0.25) is 0 Å². The normalized spacial score (nSPS) is 16.1. The van der Waals surface area contributed by atoms with Crippen LogP contribution >= 0.6 is 0 Å². The summed E-state index contributed by atoms with van der Waals surface area (Å²) in [5.41, 5.74) is -0.702. The second-order valence-corrected chi connectivity index (χ2v) is 5.39. The molecule has 1 aromatic rings. The number of halogens is 3. The van der Waals surface area contributed by atoms with Gasteiger partial charge >= 0.3 is 18.0 Å². The summed E-state index contributed by atoms with van der Waals surface area (Å²) in [6.45, 7) is 2.38. The van der Waals surface area contributed by atoms with Gasteiger partial charge in [0.05, 0.1) is 12.2 Å². The lowest BCUT2D eigenvalue weighted by molar-refractivity contribution is -0.144. The molecule has 6 nitrogen and oxygen atoms in total. The van der Waals surface area contributed by atoms with Crippen LogP contribution in [0.15, 0.2) is 24.3 Å². The van der Waals surface area contributed by atoms with Crippen LogP contribution in [-0.2, 0) is 15.8 Å². The van der Waals surface area contributed by atoms with Crippen LogP contribution in [0.2, 0.25) is 0 Å². The Morgan fingerprint density at radius 2 is 1.67 bits per heavy atom. The smallest absolute Gasteiger partial charge is 0.395 e. The number of anilines is 1.